The molecule has 1 unspecified atom stereocenters. The zero-order valence-corrected chi connectivity index (χ0v) is 12.3. The average molecular weight is 294 g/mol. The van der Waals surface area contributed by atoms with Crippen molar-refractivity contribution in [3.63, 3.8) is 0 Å². The molecule has 0 saturated heterocycles. The molecule has 0 radical (unpaired) electrons. The average Bonchev–Trinajstić information content (AvgIpc) is 2.26. The van der Waals surface area contributed by atoms with E-state index in [1.54, 1.807) is 13.8 Å². The molecule has 1 atom stereocenters. The van der Waals surface area contributed by atoms with E-state index in [1.165, 1.54) is 0 Å². The van der Waals surface area contributed by atoms with Crippen LogP contribution in [-0.2, 0) is 14.8 Å². The van der Waals surface area contributed by atoms with E-state index in [-0.39, 0.29) is 0 Å². The van der Waals surface area contributed by atoms with Crippen molar-refractivity contribution in [2.24, 2.45) is 0 Å². The topological polar surface area (TPSA) is 116 Å². The highest BCUT2D eigenvalue weighted by molar-refractivity contribution is 7.88. The summed E-state index contributed by atoms with van der Waals surface area (Å²) in [6, 6.07) is -1.05. The monoisotopic (exact) mass is 294 g/mol. The van der Waals surface area contributed by atoms with Gasteiger partial charge in [0.05, 0.1) is 12.3 Å². The van der Waals surface area contributed by atoms with Crippen molar-refractivity contribution in [2.45, 2.75) is 26.3 Å². The maximum Gasteiger partial charge on any atom is 0.321 e. The maximum atomic E-state index is 11.5. The molecule has 9 heteroatoms. The van der Waals surface area contributed by atoms with E-state index in [0.29, 0.717) is 26.1 Å². The number of imide groups is 1. The van der Waals surface area contributed by atoms with Gasteiger partial charge < -0.3 is 10.6 Å². The first kappa shape index (κ1) is 17.8. The van der Waals surface area contributed by atoms with Gasteiger partial charge in [0.2, 0.25) is 15.9 Å². The molecule has 0 bridgehead atoms. The van der Waals surface area contributed by atoms with Gasteiger partial charge in [-0.25, -0.2) is 17.9 Å². The molecule has 112 valence electrons. The van der Waals surface area contributed by atoms with Crippen molar-refractivity contribution < 1.29 is 18.0 Å². The summed E-state index contributed by atoms with van der Waals surface area (Å²) in [6.07, 6.45) is 1.63. The quantitative estimate of drug-likeness (QED) is 0.417. The lowest BCUT2D eigenvalue weighted by Crippen LogP contribution is -2.48. The second-order valence-electron chi connectivity index (χ2n) is 4.04. The van der Waals surface area contributed by atoms with Crippen LogP contribution in [0.4, 0.5) is 4.79 Å². The van der Waals surface area contributed by atoms with Gasteiger partial charge in [-0.3, -0.25) is 10.1 Å². The summed E-state index contributed by atoms with van der Waals surface area (Å²) in [4.78, 5) is 22.6. The molecule has 0 fully saturated rings. The molecule has 0 aliphatic heterocycles. The maximum absolute atomic E-state index is 11.5. The number of rotatable bonds is 8. The lowest BCUT2D eigenvalue weighted by Gasteiger charge is -2.13. The number of urea groups is 1. The van der Waals surface area contributed by atoms with Crippen molar-refractivity contribution in [3.8, 4) is 0 Å². The molecule has 0 rings (SSSR count). The van der Waals surface area contributed by atoms with E-state index in [1.807, 2.05) is 0 Å². The molecular formula is C10H22N4O4S. The standard InChI is InChI=1S/C10H22N4O4S/c1-4-11-10(16)14-9(15)8(2)12-6-5-7-13-19(3,17)18/h8,12-13H,4-7H2,1-3H3,(H2,11,14,15,16). The third kappa shape index (κ3) is 10.4. The molecule has 0 heterocycles. The number of sulfonamides is 1. The summed E-state index contributed by atoms with van der Waals surface area (Å²) in [5.74, 6) is -0.429. The minimum atomic E-state index is -3.17. The second kappa shape index (κ2) is 8.83. The van der Waals surface area contributed by atoms with Gasteiger partial charge in [-0.2, -0.15) is 0 Å². The summed E-state index contributed by atoms with van der Waals surface area (Å²) >= 11 is 0. The van der Waals surface area contributed by atoms with Gasteiger partial charge in [0.15, 0.2) is 0 Å². The van der Waals surface area contributed by atoms with Gasteiger partial charge in [0.25, 0.3) is 0 Å². The summed E-state index contributed by atoms with van der Waals surface area (Å²) < 4.78 is 23.9. The van der Waals surface area contributed by atoms with Crippen LogP contribution in [0.1, 0.15) is 20.3 Å². The van der Waals surface area contributed by atoms with Gasteiger partial charge >= 0.3 is 6.03 Å². The Kier molecular flexibility index (Phi) is 8.28. The van der Waals surface area contributed by atoms with Gasteiger partial charge in [-0.15, -0.1) is 0 Å². The van der Waals surface area contributed by atoms with Crippen LogP contribution in [0.2, 0.25) is 0 Å². The second-order valence-corrected chi connectivity index (χ2v) is 5.88. The van der Waals surface area contributed by atoms with E-state index in [4.69, 9.17) is 0 Å². The first-order valence-corrected chi connectivity index (χ1v) is 7.92. The molecule has 3 amide bonds. The van der Waals surface area contributed by atoms with Crippen molar-refractivity contribution >= 4 is 22.0 Å². The van der Waals surface area contributed by atoms with Crippen LogP contribution < -0.4 is 20.7 Å². The molecule has 0 aliphatic carbocycles. The summed E-state index contributed by atoms with van der Waals surface area (Å²) in [6.45, 7) is 4.58. The Bertz CT molecular complexity index is 396. The van der Waals surface area contributed by atoms with Crippen molar-refractivity contribution in [3.05, 3.63) is 0 Å². The Morgan fingerprint density at radius 3 is 2.37 bits per heavy atom. The smallest absolute Gasteiger partial charge is 0.321 e. The zero-order chi connectivity index (χ0) is 14.9. The Morgan fingerprint density at radius 2 is 1.84 bits per heavy atom. The molecule has 0 aromatic heterocycles. The zero-order valence-electron chi connectivity index (χ0n) is 11.4. The van der Waals surface area contributed by atoms with Crippen LogP contribution in [0.25, 0.3) is 0 Å². The number of amides is 3. The lowest BCUT2D eigenvalue weighted by molar-refractivity contribution is -0.121. The summed E-state index contributed by atoms with van der Waals surface area (Å²) in [5.41, 5.74) is 0. The number of hydrogen-bond donors (Lipinski definition) is 4. The Balaban J connectivity index is 3.76. The molecule has 19 heavy (non-hydrogen) atoms. The van der Waals surface area contributed by atoms with Gasteiger partial charge in [0.1, 0.15) is 0 Å². The minimum absolute atomic E-state index is 0.302. The molecule has 0 aromatic rings. The normalized spacial score (nSPS) is 12.8. The molecule has 0 aromatic carbocycles. The molecule has 0 aliphatic rings. The van der Waals surface area contributed by atoms with Crippen LogP contribution in [0.3, 0.4) is 0 Å². The predicted octanol–water partition coefficient (Wildman–Crippen LogP) is -1.25. The van der Waals surface area contributed by atoms with Crippen LogP contribution in [0, 0.1) is 0 Å². The van der Waals surface area contributed by atoms with Crippen LogP contribution in [-0.4, -0.2) is 52.3 Å². The minimum Gasteiger partial charge on any atom is -0.338 e. The van der Waals surface area contributed by atoms with E-state index in [9.17, 15) is 18.0 Å². The van der Waals surface area contributed by atoms with Crippen LogP contribution in [0.15, 0.2) is 0 Å². The largest absolute Gasteiger partial charge is 0.338 e. The van der Waals surface area contributed by atoms with Gasteiger partial charge in [-0.1, -0.05) is 0 Å². The molecule has 8 nitrogen and oxygen atoms in total. The first-order chi connectivity index (χ1) is 8.76. The molecule has 4 N–H and O–H groups in total. The number of carbonyl (C=O) groups is 2. The third-order valence-electron chi connectivity index (χ3n) is 2.14. The highest BCUT2D eigenvalue weighted by Crippen LogP contribution is 1.84. The Hall–Kier alpha value is -1.19. The fraction of sp³-hybridized carbons (Fsp3) is 0.800. The van der Waals surface area contributed by atoms with Gasteiger partial charge in [-0.05, 0) is 26.8 Å². The van der Waals surface area contributed by atoms with E-state index < -0.39 is 28.0 Å². The van der Waals surface area contributed by atoms with E-state index >= 15 is 0 Å². The summed E-state index contributed by atoms with van der Waals surface area (Å²) in [5, 5.41) is 7.52. The van der Waals surface area contributed by atoms with Gasteiger partial charge in [0, 0.05) is 13.1 Å². The van der Waals surface area contributed by atoms with Crippen molar-refractivity contribution in [2.75, 3.05) is 25.9 Å². The number of nitrogens with one attached hydrogen (secondary N) is 4. The third-order valence-corrected chi connectivity index (χ3v) is 2.86. The predicted molar refractivity (Wildman–Crippen MR) is 72.1 cm³/mol. The fourth-order valence-electron chi connectivity index (χ4n) is 1.18. The SMILES string of the molecule is CCNC(=O)NC(=O)C(C)NCCCNS(C)(=O)=O. The Labute approximate surface area is 113 Å². The highest BCUT2D eigenvalue weighted by atomic mass is 32.2. The van der Waals surface area contributed by atoms with Crippen molar-refractivity contribution in [1.29, 1.82) is 0 Å². The fourth-order valence-corrected chi connectivity index (χ4v) is 1.70. The first-order valence-electron chi connectivity index (χ1n) is 6.03. The highest BCUT2D eigenvalue weighted by Gasteiger charge is 2.14. The van der Waals surface area contributed by atoms with Crippen LogP contribution >= 0.6 is 0 Å². The Morgan fingerprint density at radius 1 is 1.21 bits per heavy atom. The lowest BCUT2D eigenvalue weighted by atomic mass is 10.3. The molecular weight excluding hydrogens is 272 g/mol. The van der Waals surface area contributed by atoms with E-state index in [2.05, 4.69) is 20.7 Å². The molecule has 0 spiro atoms. The number of hydrogen-bond acceptors (Lipinski definition) is 5. The number of carbonyl (C=O) groups excluding carboxylic acids is 2. The summed E-state index contributed by atoms with van der Waals surface area (Å²) in [7, 11) is -3.17. The molecule has 0 saturated carbocycles. The van der Waals surface area contributed by atoms with Crippen LogP contribution in [0.5, 0.6) is 0 Å². The van der Waals surface area contributed by atoms with E-state index in [0.717, 1.165) is 6.26 Å². The van der Waals surface area contributed by atoms with Crippen molar-refractivity contribution in [1.82, 2.24) is 20.7 Å².